The topological polar surface area (TPSA) is 41.6 Å². The first kappa shape index (κ1) is 7.73. The van der Waals surface area contributed by atoms with Crippen molar-refractivity contribution < 1.29 is 0 Å². The van der Waals surface area contributed by atoms with Crippen molar-refractivity contribution in [3.63, 3.8) is 0 Å². The average molecular weight is 341 g/mol. The van der Waals surface area contributed by atoms with Gasteiger partial charge in [0.15, 0.2) is 0 Å². The molecule has 56 valence electrons. The number of rotatable bonds is 0. The zero-order valence-electron chi connectivity index (χ0n) is 6.33. The summed E-state index contributed by atoms with van der Waals surface area (Å²) in [7, 11) is 0. The van der Waals surface area contributed by atoms with Gasteiger partial charge in [0.1, 0.15) is 0 Å². The number of fused-ring (bicyclic) bond motifs is 1. The zero-order chi connectivity index (χ0) is 7.84. The van der Waals surface area contributed by atoms with E-state index in [1.54, 1.807) is 0 Å². The number of nitrogens with two attached hydrogens (primary N) is 1. The van der Waals surface area contributed by atoms with Crippen LogP contribution in [0.1, 0.15) is 6.42 Å². The van der Waals surface area contributed by atoms with Crippen molar-refractivity contribution in [2.75, 3.05) is 13.1 Å². The molecule has 0 bridgehead atoms. The minimum absolute atomic E-state index is 0.435. The zero-order valence-corrected chi connectivity index (χ0v) is 10.8. The molecular formula is C7H10N3Tl. The molecule has 1 saturated heterocycles. The third kappa shape index (κ3) is 1.49. The molecule has 2 aliphatic heterocycles. The minimum atomic E-state index is 0.435. The molecule has 2 aliphatic rings. The number of hydrogen-bond acceptors (Lipinski definition) is 3. The monoisotopic (exact) mass is 341 g/mol. The van der Waals surface area contributed by atoms with Gasteiger partial charge < -0.3 is 0 Å². The van der Waals surface area contributed by atoms with Crippen LogP contribution in [0, 0.1) is 0 Å². The molecule has 0 amide bonds. The van der Waals surface area contributed by atoms with Gasteiger partial charge in [-0.05, 0) is 0 Å². The fourth-order valence-electron chi connectivity index (χ4n) is 1.59. The number of amidine groups is 1. The number of aliphatic imine (C=N–C) groups is 1. The Morgan fingerprint density at radius 2 is 2.55 bits per heavy atom. The van der Waals surface area contributed by atoms with E-state index in [-0.39, 0.29) is 0 Å². The van der Waals surface area contributed by atoms with E-state index in [0.29, 0.717) is 6.04 Å². The summed E-state index contributed by atoms with van der Waals surface area (Å²) in [6, 6.07) is 0.435. The normalized spacial score (nSPS) is 31.0. The van der Waals surface area contributed by atoms with E-state index in [4.69, 9.17) is 5.73 Å². The summed E-state index contributed by atoms with van der Waals surface area (Å²) >= 11 is 0.962. The Kier molecular flexibility index (Phi) is 2.01. The van der Waals surface area contributed by atoms with E-state index in [9.17, 15) is 0 Å². The van der Waals surface area contributed by atoms with Crippen LogP contribution in [0.15, 0.2) is 16.6 Å². The summed E-state index contributed by atoms with van der Waals surface area (Å²) < 4.78 is 2.47. The van der Waals surface area contributed by atoms with Gasteiger partial charge >= 0.3 is 82.5 Å². The molecule has 1 atom stereocenters. The third-order valence-electron chi connectivity index (χ3n) is 2.14. The van der Waals surface area contributed by atoms with Crippen LogP contribution < -0.4 is 5.73 Å². The fraction of sp³-hybridized carbons (Fsp3) is 0.571. The Hall–Kier alpha value is 0.0921. The van der Waals surface area contributed by atoms with Gasteiger partial charge in [-0.2, -0.15) is 0 Å². The van der Waals surface area contributed by atoms with E-state index >= 15 is 0 Å². The first-order valence-corrected chi connectivity index (χ1v) is 5.80. The van der Waals surface area contributed by atoms with Crippen molar-refractivity contribution in [3.05, 3.63) is 11.6 Å². The van der Waals surface area contributed by atoms with Crippen molar-refractivity contribution in [1.29, 1.82) is 0 Å². The molecule has 2 N–H and O–H groups in total. The van der Waals surface area contributed by atoms with Crippen LogP contribution in [0.4, 0.5) is 0 Å². The van der Waals surface area contributed by atoms with E-state index in [1.807, 2.05) is 6.08 Å². The van der Waals surface area contributed by atoms with Crippen molar-refractivity contribution in [3.8, 4) is 0 Å². The molecule has 0 aromatic heterocycles. The first-order chi connectivity index (χ1) is 5.25. The number of nitrogens with zero attached hydrogens (tertiary/aromatic N) is 2. The van der Waals surface area contributed by atoms with Gasteiger partial charge in [-0.15, -0.1) is 0 Å². The quantitative estimate of drug-likeness (QED) is 0.601. The second-order valence-corrected chi connectivity index (χ2v) is 5.89. The molecule has 1 fully saturated rings. The van der Waals surface area contributed by atoms with Gasteiger partial charge in [-0.1, -0.05) is 0 Å². The molecule has 2 rings (SSSR count). The molecule has 0 aliphatic carbocycles. The summed E-state index contributed by atoms with van der Waals surface area (Å²) in [5.41, 5.74) is 7.04. The molecule has 0 spiro atoms. The maximum absolute atomic E-state index is 5.61. The first-order valence-electron chi connectivity index (χ1n) is 3.79. The molecule has 1 unspecified atom stereocenters. The Balaban J connectivity index is 2.16. The van der Waals surface area contributed by atoms with Crippen LogP contribution in [-0.2, 0) is 0 Å². The standard InChI is InChI=1S/C7H10N3.Tl/c8-7-3-5-4-9-2-1-6(5)10-7;/h3,6H,1-2,4H2,(H2,8,10);/q-1;+1. The fourth-order valence-corrected chi connectivity index (χ4v) is 2.99. The Morgan fingerprint density at radius 1 is 1.73 bits per heavy atom. The maximum atomic E-state index is 5.61. The summed E-state index contributed by atoms with van der Waals surface area (Å²) in [6.45, 7) is 2.32. The summed E-state index contributed by atoms with van der Waals surface area (Å²) in [5, 5.41) is 0. The van der Waals surface area contributed by atoms with Gasteiger partial charge in [-0.25, -0.2) is 0 Å². The Labute approximate surface area is 82.5 Å². The molecule has 0 aromatic rings. The van der Waals surface area contributed by atoms with Gasteiger partial charge in [0, 0.05) is 0 Å². The molecule has 2 heterocycles. The van der Waals surface area contributed by atoms with Crippen LogP contribution in [-0.4, -0.2) is 53.7 Å². The predicted molar refractivity (Wildman–Crippen MR) is 45.4 cm³/mol. The van der Waals surface area contributed by atoms with Crippen LogP contribution in [0.5, 0.6) is 0 Å². The summed E-state index contributed by atoms with van der Waals surface area (Å²) in [6.07, 6.45) is 3.21. The third-order valence-corrected chi connectivity index (χ3v) is 3.86. The second kappa shape index (κ2) is 2.86. The van der Waals surface area contributed by atoms with Crippen molar-refractivity contribution in [2.24, 2.45) is 10.7 Å². The van der Waals surface area contributed by atoms with Gasteiger partial charge in [-0.3, -0.25) is 0 Å². The van der Waals surface area contributed by atoms with E-state index in [2.05, 4.69) is 7.70 Å². The summed E-state index contributed by atoms with van der Waals surface area (Å²) in [4.78, 5) is 4.34. The molecule has 0 radical (unpaired) electrons. The summed E-state index contributed by atoms with van der Waals surface area (Å²) in [5.74, 6) is 0.727. The number of hydrogen-bond donors (Lipinski definition) is 1. The molecule has 4 heteroatoms. The Bertz CT molecular complexity index is 234. The molecule has 11 heavy (non-hydrogen) atoms. The second-order valence-electron chi connectivity index (χ2n) is 3.05. The van der Waals surface area contributed by atoms with Crippen molar-refractivity contribution in [2.45, 2.75) is 12.5 Å². The van der Waals surface area contributed by atoms with Crippen LogP contribution in [0.3, 0.4) is 0 Å². The van der Waals surface area contributed by atoms with Gasteiger partial charge in [0.25, 0.3) is 0 Å². The molecule has 3 nitrogen and oxygen atoms in total. The van der Waals surface area contributed by atoms with Crippen LogP contribution in [0.2, 0.25) is 0 Å². The van der Waals surface area contributed by atoms with Gasteiger partial charge in [0.2, 0.25) is 0 Å². The van der Waals surface area contributed by atoms with Crippen molar-refractivity contribution in [1.82, 2.24) is 2.71 Å². The van der Waals surface area contributed by atoms with E-state index in [0.717, 1.165) is 38.4 Å². The van der Waals surface area contributed by atoms with Crippen molar-refractivity contribution >= 4 is 31.9 Å². The molecular weight excluding hydrogens is 330 g/mol. The van der Waals surface area contributed by atoms with Crippen LogP contribution in [0.25, 0.3) is 0 Å². The molecule has 0 saturated carbocycles. The van der Waals surface area contributed by atoms with Gasteiger partial charge in [0.05, 0.1) is 0 Å². The molecule has 0 aromatic carbocycles. The van der Waals surface area contributed by atoms with E-state index in [1.165, 1.54) is 18.5 Å². The number of piperidine rings is 1. The predicted octanol–water partition coefficient (Wildman–Crippen LogP) is -0.559. The van der Waals surface area contributed by atoms with E-state index < -0.39 is 0 Å². The van der Waals surface area contributed by atoms with Crippen LogP contribution >= 0.6 is 0 Å². The Morgan fingerprint density at radius 3 is 3.36 bits per heavy atom. The SMILES string of the molecule is NC1=NC2CC[N]([Tl])CC2=C1. The average Bonchev–Trinajstić information content (AvgIpc) is 2.27.